The Morgan fingerprint density at radius 1 is 1.19 bits per heavy atom. The molecule has 3 aromatic rings. The number of H-pyrrole nitrogens is 1. The van der Waals surface area contributed by atoms with E-state index in [0.717, 1.165) is 73.9 Å². The summed E-state index contributed by atoms with van der Waals surface area (Å²) in [7, 11) is 0. The average Bonchev–Trinajstić information content (AvgIpc) is 3.06. The van der Waals surface area contributed by atoms with Crippen LogP contribution in [0.15, 0.2) is 36.5 Å². The quantitative estimate of drug-likeness (QED) is 0.686. The smallest absolute Gasteiger partial charge is 0.159 e. The summed E-state index contributed by atoms with van der Waals surface area (Å²) in [5.74, 6) is 1.80. The third-order valence-electron chi connectivity index (χ3n) is 4.97. The number of hydrogen-bond acceptors (Lipinski definition) is 4. The van der Waals surface area contributed by atoms with Crippen LogP contribution in [0.25, 0.3) is 11.4 Å². The number of unbranched alkanes of at least 4 members (excludes halogenated alkanes) is 1. The third kappa shape index (κ3) is 4.20. The molecule has 0 radical (unpaired) electrons. The summed E-state index contributed by atoms with van der Waals surface area (Å²) < 4.78 is 0. The molecule has 4 rings (SSSR count). The molecule has 1 N–H and O–H groups in total. The predicted octanol–water partition coefficient (Wildman–Crippen LogP) is 4.42. The van der Waals surface area contributed by atoms with Gasteiger partial charge in [0.15, 0.2) is 11.0 Å². The van der Waals surface area contributed by atoms with Gasteiger partial charge in [0.25, 0.3) is 0 Å². The van der Waals surface area contributed by atoms with Gasteiger partial charge in [-0.2, -0.15) is 0 Å². The molecule has 140 valence electrons. The molecule has 2 aromatic heterocycles. The van der Waals surface area contributed by atoms with Gasteiger partial charge in [0.2, 0.25) is 0 Å². The summed E-state index contributed by atoms with van der Waals surface area (Å²) in [4.78, 5) is 19.6. The van der Waals surface area contributed by atoms with E-state index in [2.05, 4.69) is 26.8 Å². The number of aryl methyl sites for hydroxylation is 1. The van der Waals surface area contributed by atoms with Crippen LogP contribution in [0.1, 0.15) is 42.5 Å². The molecule has 1 aromatic carbocycles. The number of aromatic amines is 1. The first kappa shape index (κ1) is 18.1. The maximum atomic E-state index is 6.34. The van der Waals surface area contributed by atoms with Gasteiger partial charge in [-0.25, -0.2) is 15.0 Å². The largest absolute Gasteiger partial charge is 0.344 e. The van der Waals surface area contributed by atoms with Crippen LogP contribution in [0.4, 0.5) is 0 Å². The molecular formula is C21H24ClN5. The highest BCUT2D eigenvalue weighted by Crippen LogP contribution is 2.23. The summed E-state index contributed by atoms with van der Waals surface area (Å²) in [5, 5.41) is 0.600. The van der Waals surface area contributed by atoms with Crippen LogP contribution in [0.3, 0.4) is 0 Å². The van der Waals surface area contributed by atoms with Crippen LogP contribution in [0.2, 0.25) is 5.15 Å². The van der Waals surface area contributed by atoms with Crippen molar-refractivity contribution in [3.05, 3.63) is 64.5 Å². The van der Waals surface area contributed by atoms with Gasteiger partial charge in [-0.3, -0.25) is 4.90 Å². The lowest BCUT2D eigenvalue weighted by atomic mass is 10.1. The number of aromatic nitrogens is 4. The van der Waals surface area contributed by atoms with Crippen molar-refractivity contribution < 1.29 is 0 Å². The van der Waals surface area contributed by atoms with Gasteiger partial charge in [-0.15, -0.1) is 0 Å². The van der Waals surface area contributed by atoms with E-state index >= 15 is 0 Å². The standard InChI is InChI=1S/C21H24ClN5/c1-2-3-9-19-24-18(20(22)26-19)14-27-11-10-17-16(13-27)12-23-21(25-17)15-7-5-4-6-8-15/h4-8,12H,2-3,9-11,13-14H2,1H3,(H,24,26). The van der Waals surface area contributed by atoms with Gasteiger partial charge in [0.05, 0.1) is 11.4 Å². The molecule has 0 saturated heterocycles. The Hall–Kier alpha value is -2.24. The Morgan fingerprint density at radius 3 is 2.85 bits per heavy atom. The van der Waals surface area contributed by atoms with E-state index < -0.39 is 0 Å². The van der Waals surface area contributed by atoms with E-state index in [1.54, 1.807) is 0 Å². The minimum Gasteiger partial charge on any atom is -0.344 e. The van der Waals surface area contributed by atoms with Gasteiger partial charge in [-0.1, -0.05) is 55.3 Å². The van der Waals surface area contributed by atoms with E-state index in [1.807, 2.05) is 36.5 Å². The van der Waals surface area contributed by atoms with Crippen molar-refractivity contribution in [2.75, 3.05) is 6.54 Å². The summed E-state index contributed by atoms with van der Waals surface area (Å²) in [6.45, 7) is 4.75. The number of fused-ring (bicyclic) bond motifs is 1. The van der Waals surface area contributed by atoms with Crippen LogP contribution >= 0.6 is 11.6 Å². The number of nitrogens with zero attached hydrogens (tertiary/aromatic N) is 4. The number of nitrogens with one attached hydrogen (secondary N) is 1. The van der Waals surface area contributed by atoms with Crippen molar-refractivity contribution in [2.45, 2.75) is 45.7 Å². The van der Waals surface area contributed by atoms with Gasteiger partial charge >= 0.3 is 0 Å². The Balaban J connectivity index is 1.45. The molecule has 0 bridgehead atoms. The Labute approximate surface area is 164 Å². The molecular weight excluding hydrogens is 358 g/mol. The van der Waals surface area contributed by atoms with Crippen LogP contribution in [-0.2, 0) is 25.9 Å². The number of imidazole rings is 1. The van der Waals surface area contributed by atoms with Crippen molar-refractivity contribution in [1.82, 2.24) is 24.8 Å². The van der Waals surface area contributed by atoms with Crippen molar-refractivity contribution in [2.24, 2.45) is 0 Å². The lowest BCUT2D eigenvalue weighted by Gasteiger charge is -2.27. The molecule has 0 atom stereocenters. The van der Waals surface area contributed by atoms with Gasteiger partial charge in [-0.05, 0) is 6.42 Å². The molecule has 5 nitrogen and oxygen atoms in total. The zero-order chi connectivity index (χ0) is 18.6. The predicted molar refractivity (Wildman–Crippen MR) is 107 cm³/mol. The zero-order valence-electron chi connectivity index (χ0n) is 15.6. The fourth-order valence-electron chi connectivity index (χ4n) is 3.47. The zero-order valence-corrected chi connectivity index (χ0v) is 16.3. The summed E-state index contributed by atoms with van der Waals surface area (Å²) in [6.07, 6.45) is 6.13. The van der Waals surface area contributed by atoms with Crippen LogP contribution in [0.5, 0.6) is 0 Å². The molecule has 0 saturated carbocycles. The topological polar surface area (TPSA) is 57.7 Å². The van der Waals surface area contributed by atoms with Crippen molar-refractivity contribution in [1.29, 1.82) is 0 Å². The van der Waals surface area contributed by atoms with Crippen LogP contribution in [0, 0.1) is 0 Å². The number of halogens is 1. The minimum atomic E-state index is 0.600. The Bertz CT molecular complexity index is 906. The molecule has 6 heteroatoms. The van der Waals surface area contributed by atoms with E-state index in [9.17, 15) is 0 Å². The van der Waals surface area contributed by atoms with Crippen molar-refractivity contribution >= 4 is 11.6 Å². The highest BCUT2D eigenvalue weighted by atomic mass is 35.5. The molecule has 1 aliphatic rings. The first-order valence-corrected chi connectivity index (χ1v) is 9.96. The third-order valence-corrected chi connectivity index (χ3v) is 5.28. The maximum Gasteiger partial charge on any atom is 0.159 e. The molecule has 0 spiro atoms. The highest BCUT2D eigenvalue weighted by Gasteiger charge is 2.20. The average molecular weight is 382 g/mol. The molecule has 0 unspecified atom stereocenters. The highest BCUT2D eigenvalue weighted by molar-refractivity contribution is 6.30. The fourth-order valence-corrected chi connectivity index (χ4v) is 3.68. The van der Waals surface area contributed by atoms with E-state index in [-0.39, 0.29) is 0 Å². The van der Waals surface area contributed by atoms with Gasteiger partial charge < -0.3 is 4.98 Å². The van der Waals surface area contributed by atoms with Gasteiger partial charge in [0, 0.05) is 49.8 Å². The molecule has 0 fully saturated rings. The Morgan fingerprint density at radius 2 is 2.04 bits per heavy atom. The second-order valence-corrected chi connectivity index (χ2v) is 7.41. The normalized spacial score (nSPS) is 14.3. The minimum absolute atomic E-state index is 0.600. The molecule has 1 aliphatic heterocycles. The van der Waals surface area contributed by atoms with E-state index in [4.69, 9.17) is 16.6 Å². The fraction of sp³-hybridized carbons (Fsp3) is 0.381. The van der Waals surface area contributed by atoms with E-state index in [1.165, 1.54) is 5.56 Å². The number of hydrogen-bond donors (Lipinski definition) is 1. The van der Waals surface area contributed by atoms with E-state index in [0.29, 0.717) is 5.15 Å². The lowest BCUT2D eigenvalue weighted by molar-refractivity contribution is 0.240. The van der Waals surface area contributed by atoms with Gasteiger partial charge in [0.1, 0.15) is 5.82 Å². The number of rotatable bonds is 6. The second-order valence-electron chi connectivity index (χ2n) is 7.05. The molecule has 3 heterocycles. The molecule has 27 heavy (non-hydrogen) atoms. The van der Waals surface area contributed by atoms with Crippen molar-refractivity contribution in [3.63, 3.8) is 0 Å². The monoisotopic (exact) mass is 381 g/mol. The lowest BCUT2D eigenvalue weighted by Crippen LogP contribution is -2.31. The van der Waals surface area contributed by atoms with Crippen LogP contribution < -0.4 is 0 Å². The first-order chi connectivity index (χ1) is 13.2. The number of benzene rings is 1. The molecule has 0 aliphatic carbocycles. The summed E-state index contributed by atoms with van der Waals surface area (Å²) in [6, 6.07) is 10.1. The Kier molecular flexibility index (Phi) is 5.50. The van der Waals surface area contributed by atoms with Crippen LogP contribution in [-0.4, -0.2) is 31.4 Å². The summed E-state index contributed by atoms with van der Waals surface area (Å²) in [5.41, 5.74) is 4.42. The first-order valence-electron chi connectivity index (χ1n) is 9.58. The SMILES string of the molecule is CCCCc1nc(Cl)c(CN2CCc3nc(-c4ccccc4)ncc3C2)[nH]1. The molecule has 0 amide bonds. The second kappa shape index (κ2) is 8.19. The van der Waals surface area contributed by atoms with Crippen molar-refractivity contribution in [3.8, 4) is 11.4 Å². The maximum absolute atomic E-state index is 6.34. The summed E-state index contributed by atoms with van der Waals surface area (Å²) >= 11 is 6.34.